The van der Waals surface area contributed by atoms with Gasteiger partial charge in [-0.3, -0.25) is 0 Å². The van der Waals surface area contributed by atoms with Gasteiger partial charge in [0.1, 0.15) is 0 Å². The fourth-order valence-electron chi connectivity index (χ4n) is 3.77. The number of rotatable bonds is 2. The van der Waals surface area contributed by atoms with Gasteiger partial charge in [-0.25, -0.2) is 0 Å². The molecule has 26 heavy (non-hydrogen) atoms. The van der Waals surface area contributed by atoms with E-state index in [2.05, 4.69) is 83.4 Å². The van der Waals surface area contributed by atoms with Crippen LogP contribution >= 0.6 is 11.6 Å². The summed E-state index contributed by atoms with van der Waals surface area (Å²) in [6, 6.07) is 33.6. The predicted molar refractivity (Wildman–Crippen MR) is 111 cm³/mol. The van der Waals surface area contributed by atoms with Crippen LogP contribution in [0.3, 0.4) is 0 Å². The quantitative estimate of drug-likeness (QED) is 0.319. The lowest BCUT2D eigenvalue weighted by molar-refractivity contribution is 1.18. The van der Waals surface area contributed by atoms with E-state index in [1.807, 2.05) is 18.2 Å². The third-order valence-electron chi connectivity index (χ3n) is 4.88. The number of hydrogen-bond donors (Lipinski definition) is 0. The first kappa shape index (κ1) is 15.2. The van der Waals surface area contributed by atoms with Crippen LogP contribution < -0.4 is 0 Å². The zero-order valence-corrected chi connectivity index (χ0v) is 14.8. The van der Waals surface area contributed by atoms with Crippen LogP contribution in [0, 0.1) is 0 Å². The van der Waals surface area contributed by atoms with Crippen LogP contribution in [0.5, 0.6) is 0 Å². The Morgan fingerprint density at radius 3 is 2.15 bits per heavy atom. The lowest BCUT2D eigenvalue weighted by Gasteiger charge is -2.14. The molecule has 0 N–H and O–H groups in total. The molecule has 1 nitrogen and oxygen atoms in total. The first-order valence-corrected chi connectivity index (χ1v) is 9.05. The van der Waals surface area contributed by atoms with E-state index >= 15 is 0 Å². The average molecular weight is 354 g/mol. The molecular formula is C24H16ClN. The zero-order valence-electron chi connectivity index (χ0n) is 14.1. The zero-order chi connectivity index (χ0) is 17.5. The molecule has 0 unspecified atom stereocenters. The molecule has 0 spiro atoms. The predicted octanol–water partition coefficient (Wildman–Crippen LogP) is 7.10. The maximum atomic E-state index is 6.58. The first-order chi connectivity index (χ1) is 12.8. The minimum atomic E-state index is 0.787. The van der Waals surface area contributed by atoms with E-state index in [9.17, 15) is 0 Å². The number of fused-ring (bicyclic) bond motifs is 3. The highest BCUT2D eigenvalue weighted by atomic mass is 35.5. The molecule has 0 aliphatic heterocycles. The molecule has 0 aliphatic rings. The van der Waals surface area contributed by atoms with Crippen molar-refractivity contribution in [2.45, 2.75) is 0 Å². The van der Waals surface area contributed by atoms with Crippen molar-refractivity contribution in [3.8, 4) is 16.8 Å². The number of aromatic nitrogens is 1. The minimum Gasteiger partial charge on any atom is -0.309 e. The van der Waals surface area contributed by atoms with Crippen molar-refractivity contribution in [1.82, 2.24) is 4.57 Å². The average Bonchev–Trinajstić information content (AvgIpc) is 3.04. The van der Waals surface area contributed by atoms with E-state index < -0.39 is 0 Å². The van der Waals surface area contributed by atoms with Crippen LogP contribution in [-0.4, -0.2) is 4.57 Å². The summed E-state index contributed by atoms with van der Waals surface area (Å²) in [5.41, 5.74) is 5.86. The molecule has 0 fully saturated rings. The minimum absolute atomic E-state index is 0.787. The maximum absolute atomic E-state index is 6.58. The van der Waals surface area contributed by atoms with Crippen LogP contribution in [-0.2, 0) is 0 Å². The van der Waals surface area contributed by atoms with Crippen LogP contribution in [0.25, 0.3) is 38.6 Å². The lowest BCUT2D eigenvalue weighted by Crippen LogP contribution is -1.96. The maximum Gasteiger partial charge on any atom is 0.0556 e. The van der Waals surface area contributed by atoms with Crippen LogP contribution in [0.1, 0.15) is 0 Å². The molecule has 0 saturated heterocycles. The van der Waals surface area contributed by atoms with E-state index in [1.165, 1.54) is 22.0 Å². The second-order valence-corrected chi connectivity index (χ2v) is 6.78. The number of nitrogens with zero attached hydrogens (tertiary/aromatic N) is 1. The molecule has 4 aromatic carbocycles. The summed E-state index contributed by atoms with van der Waals surface area (Å²) >= 11 is 6.58. The van der Waals surface area contributed by atoms with Gasteiger partial charge in [-0.1, -0.05) is 84.4 Å². The Labute approximate surface area is 157 Å². The molecule has 1 heterocycles. The third-order valence-corrected chi connectivity index (χ3v) is 5.19. The van der Waals surface area contributed by atoms with Crippen molar-refractivity contribution in [3.63, 3.8) is 0 Å². The summed E-state index contributed by atoms with van der Waals surface area (Å²) < 4.78 is 2.32. The van der Waals surface area contributed by atoms with Crippen LogP contribution in [0.4, 0.5) is 0 Å². The van der Waals surface area contributed by atoms with Gasteiger partial charge < -0.3 is 4.57 Å². The van der Waals surface area contributed by atoms with Gasteiger partial charge in [0.05, 0.1) is 21.7 Å². The fourth-order valence-corrected chi connectivity index (χ4v) is 4.04. The van der Waals surface area contributed by atoms with Crippen molar-refractivity contribution in [2.24, 2.45) is 0 Å². The van der Waals surface area contributed by atoms with Crippen molar-refractivity contribution in [2.75, 3.05) is 0 Å². The van der Waals surface area contributed by atoms with E-state index in [0.717, 1.165) is 21.6 Å². The van der Waals surface area contributed by atoms with Crippen molar-refractivity contribution < 1.29 is 0 Å². The van der Waals surface area contributed by atoms with Gasteiger partial charge in [-0.15, -0.1) is 0 Å². The summed E-state index contributed by atoms with van der Waals surface area (Å²) in [5, 5.41) is 3.07. The summed E-state index contributed by atoms with van der Waals surface area (Å²) in [5.74, 6) is 0. The number of hydrogen-bond acceptors (Lipinski definition) is 0. The second kappa shape index (κ2) is 6.05. The Hall–Kier alpha value is -3.03. The molecule has 5 aromatic rings. The summed E-state index contributed by atoms with van der Waals surface area (Å²) in [7, 11) is 0. The van der Waals surface area contributed by atoms with Gasteiger partial charge in [0.15, 0.2) is 0 Å². The Morgan fingerprint density at radius 2 is 1.27 bits per heavy atom. The molecule has 1 aromatic heterocycles. The highest BCUT2D eigenvalue weighted by Crippen LogP contribution is 2.38. The molecule has 0 radical (unpaired) electrons. The Bertz CT molecular complexity index is 1240. The monoisotopic (exact) mass is 353 g/mol. The van der Waals surface area contributed by atoms with Crippen molar-refractivity contribution in [3.05, 3.63) is 102 Å². The van der Waals surface area contributed by atoms with Gasteiger partial charge in [-0.2, -0.15) is 0 Å². The summed E-state index contributed by atoms with van der Waals surface area (Å²) in [6.07, 6.45) is 0. The molecule has 0 bridgehead atoms. The molecule has 5 rings (SSSR count). The Kier molecular flexibility index (Phi) is 3.55. The topological polar surface area (TPSA) is 4.93 Å². The van der Waals surface area contributed by atoms with Gasteiger partial charge in [0.2, 0.25) is 0 Å². The first-order valence-electron chi connectivity index (χ1n) is 8.67. The van der Waals surface area contributed by atoms with Gasteiger partial charge in [0.25, 0.3) is 0 Å². The lowest BCUT2D eigenvalue weighted by atomic mass is 10.0. The van der Waals surface area contributed by atoms with Crippen LogP contribution in [0.15, 0.2) is 97.1 Å². The fraction of sp³-hybridized carbons (Fsp3) is 0. The SMILES string of the molecule is Clc1cccc2c1c1ccccc1n2-c1ccccc1-c1ccccc1. The van der Waals surface area contributed by atoms with Gasteiger partial charge >= 0.3 is 0 Å². The highest BCUT2D eigenvalue weighted by Gasteiger charge is 2.16. The highest BCUT2D eigenvalue weighted by molar-refractivity contribution is 6.38. The second-order valence-electron chi connectivity index (χ2n) is 6.37. The molecular weight excluding hydrogens is 338 g/mol. The Morgan fingerprint density at radius 1 is 0.577 bits per heavy atom. The van der Waals surface area contributed by atoms with Crippen molar-refractivity contribution >= 4 is 33.4 Å². The Balaban J connectivity index is 1.94. The molecule has 0 saturated carbocycles. The smallest absolute Gasteiger partial charge is 0.0556 e. The third kappa shape index (κ3) is 2.25. The number of para-hydroxylation sites is 2. The van der Waals surface area contributed by atoms with Gasteiger partial charge in [0, 0.05) is 16.3 Å². The van der Waals surface area contributed by atoms with Gasteiger partial charge in [-0.05, 0) is 29.8 Å². The van der Waals surface area contributed by atoms with E-state index in [0.29, 0.717) is 0 Å². The molecule has 2 heteroatoms. The summed E-state index contributed by atoms with van der Waals surface area (Å²) in [6.45, 7) is 0. The largest absolute Gasteiger partial charge is 0.309 e. The molecule has 124 valence electrons. The van der Waals surface area contributed by atoms with Crippen molar-refractivity contribution in [1.29, 1.82) is 0 Å². The summed E-state index contributed by atoms with van der Waals surface area (Å²) in [4.78, 5) is 0. The number of benzene rings is 4. The van der Waals surface area contributed by atoms with Crippen LogP contribution in [0.2, 0.25) is 5.02 Å². The standard InChI is InChI=1S/C24H16ClN/c25-20-13-8-16-23-24(20)19-12-5-7-15-22(19)26(23)21-14-6-4-11-18(21)17-9-2-1-3-10-17/h1-16H. The molecule has 0 atom stereocenters. The van der Waals surface area contributed by atoms with E-state index in [4.69, 9.17) is 11.6 Å². The number of halogens is 1. The molecule has 0 amide bonds. The van der Waals surface area contributed by atoms with E-state index in [-0.39, 0.29) is 0 Å². The molecule has 0 aliphatic carbocycles. The van der Waals surface area contributed by atoms with E-state index in [1.54, 1.807) is 0 Å². The normalized spacial score (nSPS) is 11.3.